The Balaban J connectivity index is 1.46. The first kappa shape index (κ1) is 22.4. The van der Waals surface area contributed by atoms with Crippen molar-refractivity contribution >= 4 is 5.96 Å². The van der Waals surface area contributed by atoms with Gasteiger partial charge < -0.3 is 24.7 Å². The Morgan fingerprint density at radius 3 is 2.91 bits per heavy atom. The van der Waals surface area contributed by atoms with Gasteiger partial charge in [0, 0.05) is 43.1 Å². The monoisotopic (exact) mass is 440 g/mol. The highest BCUT2D eigenvalue weighted by molar-refractivity contribution is 5.80. The van der Waals surface area contributed by atoms with Gasteiger partial charge in [0.25, 0.3) is 0 Å². The Kier molecular flexibility index (Phi) is 7.50. The van der Waals surface area contributed by atoms with Crippen LogP contribution in [-0.2, 0) is 25.9 Å². The molecule has 0 spiro atoms. The summed E-state index contributed by atoms with van der Waals surface area (Å²) in [5, 5.41) is 15.3. The molecule has 1 fully saturated rings. The van der Waals surface area contributed by atoms with E-state index in [0.29, 0.717) is 19.2 Å². The largest absolute Gasteiger partial charge is 0.494 e. The number of hydrogen-bond donors (Lipinski definition) is 2. The molecule has 2 aliphatic rings. The van der Waals surface area contributed by atoms with E-state index in [9.17, 15) is 0 Å². The summed E-state index contributed by atoms with van der Waals surface area (Å²) in [6, 6.07) is 4.71. The van der Waals surface area contributed by atoms with Crippen molar-refractivity contribution in [2.75, 3.05) is 13.2 Å². The number of benzene rings is 1. The molecular weight excluding hydrogens is 404 g/mol. The van der Waals surface area contributed by atoms with Gasteiger partial charge in [-0.25, -0.2) is 4.99 Å². The molecule has 2 heterocycles. The van der Waals surface area contributed by atoms with Crippen LogP contribution in [0.1, 0.15) is 63.4 Å². The molecule has 0 amide bonds. The Hall–Kier alpha value is -2.77. The maximum absolute atomic E-state index is 5.97. The van der Waals surface area contributed by atoms with Crippen molar-refractivity contribution < 1.29 is 9.47 Å². The standard InChI is InChI=1S/C24H36N6O2/c1-4-23-29-27-16-30(23)11-10-25-24(28-20-8-6-7-9-20)26-15-19-14-22-18(12-17(3)32-22)13-21(19)31-5-2/h13-14,16-17,20H,4-12,15H2,1-3H3,(H2,25,26,28). The summed E-state index contributed by atoms with van der Waals surface area (Å²) in [6.07, 6.45) is 8.76. The predicted molar refractivity (Wildman–Crippen MR) is 125 cm³/mol. The van der Waals surface area contributed by atoms with Crippen molar-refractivity contribution in [1.29, 1.82) is 0 Å². The molecule has 1 aromatic heterocycles. The second kappa shape index (κ2) is 10.7. The van der Waals surface area contributed by atoms with Gasteiger partial charge in [0.05, 0.1) is 13.2 Å². The number of aliphatic imine (C=N–C) groups is 1. The molecule has 2 N–H and O–H groups in total. The molecule has 0 bridgehead atoms. The van der Waals surface area contributed by atoms with Crippen molar-refractivity contribution in [3.05, 3.63) is 35.4 Å². The average Bonchev–Trinajstić information content (AvgIpc) is 3.52. The van der Waals surface area contributed by atoms with E-state index in [1.807, 2.05) is 6.92 Å². The minimum absolute atomic E-state index is 0.213. The second-order valence-electron chi connectivity index (χ2n) is 8.64. The minimum atomic E-state index is 0.213. The van der Waals surface area contributed by atoms with Crippen molar-refractivity contribution in [2.24, 2.45) is 4.99 Å². The third kappa shape index (κ3) is 5.53. The van der Waals surface area contributed by atoms with E-state index < -0.39 is 0 Å². The van der Waals surface area contributed by atoms with Gasteiger partial charge in [0.15, 0.2) is 5.96 Å². The molecule has 4 rings (SSSR count). The molecule has 1 unspecified atom stereocenters. The smallest absolute Gasteiger partial charge is 0.191 e. The number of rotatable bonds is 9. The summed E-state index contributed by atoms with van der Waals surface area (Å²) >= 11 is 0. The first-order chi connectivity index (χ1) is 15.7. The van der Waals surface area contributed by atoms with Gasteiger partial charge in [-0.15, -0.1) is 10.2 Å². The zero-order valence-electron chi connectivity index (χ0n) is 19.6. The number of fused-ring (bicyclic) bond motifs is 1. The Labute approximate surface area is 190 Å². The van der Waals surface area contributed by atoms with Gasteiger partial charge in [0.1, 0.15) is 29.8 Å². The van der Waals surface area contributed by atoms with Crippen LogP contribution in [0.15, 0.2) is 23.5 Å². The quantitative estimate of drug-likeness (QED) is 0.460. The van der Waals surface area contributed by atoms with Crippen LogP contribution in [-0.4, -0.2) is 46.0 Å². The number of guanidine groups is 1. The van der Waals surface area contributed by atoms with Gasteiger partial charge in [-0.05, 0) is 38.8 Å². The van der Waals surface area contributed by atoms with Gasteiger partial charge in [-0.3, -0.25) is 0 Å². The first-order valence-electron chi connectivity index (χ1n) is 12.0. The van der Waals surface area contributed by atoms with Gasteiger partial charge >= 0.3 is 0 Å². The molecule has 8 heteroatoms. The van der Waals surface area contributed by atoms with Gasteiger partial charge in [-0.2, -0.15) is 0 Å². The number of aromatic nitrogens is 3. The lowest BCUT2D eigenvalue weighted by Gasteiger charge is -2.18. The van der Waals surface area contributed by atoms with Gasteiger partial charge in [0.2, 0.25) is 0 Å². The van der Waals surface area contributed by atoms with E-state index in [1.165, 1.54) is 31.2 Å². The molecule has 1 aliphatic carbocycles. The molecule has 1 atom stereocenters. The molecule has 8 nitrogen and oxygen atoms in total. The van der Waals surface area contributed by atoms with E-state index in [1.54, 1.807) is 6.33 Å². The molecule has 32 heavy (non-hydrogen) atoms. The topological polar surface area (TPSA) is 85.6 Å². The molecular formula is C24H36N6O2. The maximum Gasteiger partial charge on any atom is 0.191 e. The van der Waals surface area contributed by atoms with Crippen LogP contribution in [0.5, 0.6) is 11.5 Å². The van der Waals surface area contributed by atoms with E-state index in [4.69, 9.17) is 14.5 Å². The lowest BCUT2D eigenvalue weighted by molar-refractivity contribution is 0.254. The Morgan fingerprint density at radius 2 is 2.12 bits per heavy atom. The van der Waals surface area contributed by atoms with E-state index in [-0.39, 0.29) is 6.10 Å². The Morgan fingerprint density at radius 1 is 1.28 bits per heavy atom. The fraction of sp³-hybridized carbons (Fsp3) is 0.625. The summed E-state index contributed by atoms with van der Waals surface area (Å²) < 4.78 is 14.0. The first-order valence-corrected chi connectivity index (χ1v) is 12.0. The number of ether oxygens (including phenoxy) is 2. The average molecular weight is 441 g/mol. The summed E-state index contributed by atoms with van der Waals surface area (Å²) in [6.45, 7) is 8.95. The van der Waals surface area contributed by atoms with Crippen LogP contribution in [0.2, 0.25) is 0 Å². The predicted octanol–water partition coefficient (Wildman–Crippen LogP) is 3.24. The van der Waals surface area contributed by atoms with Crippen molar-refractivity contribution in [3.63, 3.8) is 0 Å². The summed E-state index contributed by atoms with van der Waals surface area (Å²) in [7, 11) is 0. The van der Waals surface area contributed by atoms with E-state index in [2.05, 4.69) is 51.4 Å². The number of hydrogen-bond acceptors (Lipinski definition) is 5. The third-order valence-electron chi connectivity index (χ3n) is 6.14. The maximum atomic E-state index is 5.97. The Bertz CT molecular complexity index is 919. The van der Waals surface area contributed by atoms with Crippen molar-refractivity contribution in [1.82, 2.24) is 25.4 Å². The molecule has 0 saturated heterocycles. The number of nitrogens with one attached hydrogen (secondary N) is 2. The van der Waals surface area contributed by atoms with Crippen molar-refractivity contribution in [2.45, 2.75) is 84.5 Å². The SMILES string of the molecule is CCOc1cc2c(cc1CN=C(NCCn1cnnc1CC)NC1CCCC1)OC(C)C2. The van der Waals surface area contributed by atoms with Crippen LogP contribution in [0.25, 0.3) is 0 Å². The lowest BCUT2D eigenvalue weighted by atomic mass is 10.1. The summed E-state index contributed by atoms with van der Waals surface area (Å²) in [4.78, 5) is 4.92. The molecule has 0 radical (unpaired) electrons. The van der Waals surface area contributed by atoms with Gasteiger partial charge in [-0.1, -0.05) is 19.8 Å². The third-order valence-corrected chi connectivity index (χ3v) is 6.14. The fourth-order valence-electron chi connectivity index (χ4n) is 4.51. The molecule has 174 valence electrons. The summed E-state index contributed by atoms with van der Waals surface area (Å²) in [5.74, 6) is 3.72. The zero-order valence-corrected chi connectivity index (χ0v) is 19.6. The summed E-state index contributed by atoms with van der Waals surface area (Å²) in [5.41, 5.74) is 2.27. The molecule has 1 aromatic carbocycles. The lowest BCUT2D eigenvalue weighted by Crippen LogP contribution is -2.43. The number of aryl methyl sites for hydroxylation is 1. The minimum Gasteiger partial charge on any atom is -0.494 e. The fourth-order valence-corrected chi connectivity index (χ4v) is 4.51. The molecule has 1 aliphatic heterocycles. The van der Waals surface area contributed by atoms with E-state index in [0.717, 1.165) is 54.8 Å². The highest BCUT2D eigenvalue weighted by Gasteiger charge is 2.22. The second-order valence-corrected chi connectivity index (χ2v) is 8.64. The normalized spacial score (nSPS) is 18.5. The molecule has 1 saturated carbocycles. The van der Waals surface area contributed by atoms with Crippen LogP contribution in [0.3, 0.4) is 0 Å². The highest BCUT2D eigenvalue weighted by atomic mass is 16.5. The van der Waals surface area contributed by atoms with Crippen LogP contribution in [0.4, 0.5) is 0 Å². The number of nitrogens with zero attached hydrogens (tertiary/aromatic N) is 4. The van der Waals surface area contributed by atoms with Crippen LogP contribution in [0, 0.1) is 0 Å². The van der Waals surface area contributed by atoms with E-state index >= 15 is 0 Å². The zero-order chi connectivity index (χ0) is 22.3. The van der Waals surface area contributed by atoms with Crippen molar-refractivity contribution in [3.8, 4) is 11.5 Å². The highest BCUT2D eigenvalue weighted by Crippen LogP contribution is 2.35. The van der Waals surface area contributed by atoms with Crippen LogP contribution < -0.4 is 20.1 Å². The molecule has 2 aromatic rings. The van der Waals surface area contributed by atoms with Crippen LogP contribution >= 0.6 is 0 Å².